The van der Waals surface area contributed by atoms with Crippen LogP contribution in [0.3, 0.4) is 0 Å². The van der Waals surface area contributed by atoms with E-state index in [-0.39, 0.29) is 5.91 Å². The minimum absolute atomic E-state index is 0.0186. The van der Waals surface area contributed by atoms with Gasteiger partial charge in [-0.1, -0.05) is 6.07 Å². The average Bonchev–Trinajstić information content (AvgIpc) is 2.83. The van der Waals surface area contributed by atoms with E-state index in [4.69, 9.17) is 19.2 Å². The molecule has 0 radical (unpaired) electrons. The lowest BCUT2D eigenvalue weighted by atomic mass is 10.1. The second-order valence-electron chi connectivity index (χ2n) is 7.88. The highest BCUT2D eigenvalue weighted by Gasteiger charge is 2.28. The number of hydrogen-bond acceptors (Lipinski definition) is 8. The molecule has 2 fully saturated rings. The third kappa shape index (κ3) is 4.10. The number of nitrogens with zero attached hydrogens (tertiary/aromatic N) is 5. The second-order valence-corrected chi connectivity index (χ2v) is 7.88. The molecule has 2 saturated heterocycles. The van der Waals surface area contributed by atoms with E-state index < -0.39 is 0 Å². The highest BCUT2D eigenvalue weighted by molar-refractivity contribution is 5.98. The van der Waals surface area contributed by atoms with Crippen LogP contribution in [0.1, 0.15) is 16.1 Å². The van der Waals surface area contributed by atoms with Crippen LogP contribution < -0.4 is 19.3 Å². The van der Waals surface area contributed by atoms with E-state index in [1.54, 1.807) is 0 Å². The maximum Gasteiger partial charge on any atom is 0.257 e. The molecule has 0 bridgehead atoms. The Hall–Kier alpha value is -3.07. The molecule has 0 saturated carbocycles. The molecular weight excluding hydrogens is 398 g/mol. The Morgan fingerprint density at radius 1 is 0.903 bits per heavy atom. The van der Waals surface area contributed by atoms with Gasteiger partial charge in [-0.2, -0.15) is 4.98 Å². The molecule has 2 aromatic rings. The van der Waals surface area contributed by atoms with E-state index >= 15 is 0 Å². The van der Waals surface area contributed by atoms with Gasteiger partial charge in [0.2, 0.25) is 5.95 Å². The topological polar surface area (TPSA) is 80.3 Å². The highest BCUT2D eigenvalue weighted by atomic mass is 16.6. The number of hydrogen-bond donors (Lipinski definition) is 0. The summed E-state index contributed by atoms with van der Waals surface area (Å²) < 4.78 is 16.8. The van der Waals surface area contributed by atoms with Crippen LogP contribution in [0.5, 0.6) is 11.5 Å². The number of carbonyl (C=O) groups is 1. The fourth-order valence-electron chi connectivity index (χ4n) is 4.15. The number of benzene rings is 1. The monoisotopic (exact) mass is 425 g/mol. The molecule has 4 heterocycles. The number of rotatable bonds is 3. The lowest BCUT2D eigenvalue weighted by molar-refractivity contribution is 0.0736. The second kappa shape index (κ2) is 8.58. The van der Waals surface area contributed by atoms with Crippen molar-refractivity contribution >= 4 is 17.7 Å². The molecule has 1 aromatic heterocycles. The van der Waals surface area contributed by atoms with Crippen molar-refractivity contribution < 1.29 is 19.0 Å². The van der Waals surface area contributed by atoms with Crippen molar-refractivity contribution in [2.75, 3.05) is 75.5 Å². The normalized spacial score (nSPS) is 18.8. The number of ether oxygens (including phenoxy) is 3. The zero-order valence-corrected chi connectivity index (χ0v) is 17.7. The third-order valence-corrected chi connectivity index (χ3v) is 5.81. The molecule has 1 aromatic carbocycles. The summed E-state index contributed by atoms with van der Waals surface area (Å²) in [5.41, 5.74) is 1.51. The number of piperazine rings is 1. The average molecular weight is 425 g/mol. The predicted molar refractivity (Wildman–Crippen MR) is 115 cm³/mol. The van der Waals surface area contributed by atoms with E-state index in [0.717, 1.165) is 43.6 Å². The molecule has 1 amide bonds. The Labute approximate surface area is 181 Å². The Morgan fingerprint density at radius 3 is 2.48 bits per heavy atom. The quantitative estimate of drug-likeness (QED) is 0.729. The molecule has 9 nitrogen and oxygen atoms in total. The number of carbonyl (C=O) groups excluding carboxylic acids is 1. The van der Waals surface area contributed by atoms with Gasteiger partial charge < -0.3 is 28.9 Å². The number of fused-ring (bicyclic) bond motifs is 1. The molecule has 9 heteroatoms. The smallest absolute Gasteiger partial charge is 0.257 e. The van der Waals surface area contributed by atoms with E-state index in [2.05, 4.69) is 14.8 Å². The first-order valence-electron chi connectivity index (χ1n) is 10.8. The van der Waals surface area contributed by atoms with Crippen molar-refractivity contribution in [1.82, 2.24) is 14.9 Å². The Kier molecular flexibility index (Phi) is 5.50. The van der Waals surface area contributed by atoms with E-state index in [0.29, 0.717) is 56.6 Å². The van der Waals surface area contributed by atoms with Crippen molar-refractivity contribution in [2.45, 2.75) is 6.92 Å². The molecule has 3 aliphatic rings. The van der Waals surface area contributed by atoms with Crippen LogP contribution in [0.2, 0.25) is 0 Å². The maximum absolute atomic E-state index is 13.2. The number of morpholine rings is 1. The molecule has 0 atom stereocenters. The van der Waals surface area contributed by atoms with Crippen LogP contribution >= 0.6 is 0 Å². The lowest BCUT2D eigenvalue weighted by Gasteiger charge is -2.36. The van der Waals surface area contributed by atoms with Gasteiger partial charge in [0.25, 0.3) is 5.91 Å². The maximum atomic E-state index is 13.2. The van der Waals surface area contributed by atoms with Crippen molar-refractivity contribution in [1.29, 1.82) is 0 Å². The van der Waals surface area contributed by atoms with Crippen LogP contribution in [-0.4, -0.2) is 86.5 Å². The summed E-state index contributed by atoms with van der Waals surface area (Å²) in [4.78, 5) is 28.9. The van der Waals surface area contributed by atoms with Gasteiger partial charge in [-0.3, -0.25) is 4.79 Å². The zero-order valence-electron chi connectivity index (χ0n) is 17.7. The van der Waals surface area contributed by atoms with Crippen molar-refractivity contribution in [3.63, 3.8) is 0 Å². The number of aromatic nitrogens is 2. The van der Waals surface area contributed by atoms with Gasteiger partial charge in [-0.25, -0.2) is 4.98 Å². The SMILES string of the molecule is Cc1cc(N2CCN(C(=O)c3cccc4c3OCCO4)CC2)nc(N2CCOCC2)n1. The fourth-order valence-corrected chi connectivity index (χ4v) is 4.15. The lowest BCUT2D eigenvalue weighted by Crippen LogP contribution is -2.49. The first-order chi connectivity index (χ1) is 15.2. The summed E-state index contributed by atoms with van der Waals surface area (Å²) in [6.45, 7) is 8.66. The Morgan fingerprint density at radius 2 is 1.68 bits per heavy atom. The van der Waals surface area contributed by atoms with Gasteiger partial charge in [0.15, 0.2) is 11.5 Å². The summed E-state index contributed by atoms with van der Waals surface area (Å²) in [7, 11) is 0. The largest absolute Gasteiger partial charge is 0.486 e. The van der Waals surface area contributed by atoms with Gasteiger partial charge in [0, 0.05) is 51.0 Å². The molecule has 0 unspecified atom stereocenters. The van der Waals surface area contributed by atoms with Crippen molar-refractivity contribution in [3.8, 4) is 11.5 Å². The van der Waals surface area contributed by atoms with E-state index in [1.165, 1.54) is 0 Å². The number of amides is 1. The minimum atomic E-state index is -0.0186. The summed E-state index contributed by atoms with van der Waals surface area (Å²) in [5, 5.41) is 0. The molecule has 0 spiro atoms. The van der Waals surface area contributed by atoms with Gasteiger partial charge in [-0.05, 0) is 19.1 Å². The molecule has 3 aliphatic heterocycles. The van der Waals surface area contributed by atoms with Gasteiger partial charge in [0.05, 0.1) is 18.8 Å². The number of para-hydroxylation sites is 1. The predicted octanol–water partition coefficient (Wildman–Crippen LogP) is 1.36. The first-order valence-corrected chi connectivity index (χ1v) is 10.8. The van der Waals surface area contributed by atoms with Crippen LogP contribution in [-0.2, 0) is 4.74 Å². The minimum Gasteiger partial charge on any atom is -0.486 e. The number of anilines is 2. The summed E-state index contributed by atoms with van der Waals surface area (Å²) in [6.07, 6.45) is 0. The van der Waals surface area contributed by atoms with Crippen LogP contribution in [0.15, 0.2) is 24.3 Å². The molecular formula is C22H27N5O4. The molecule has 31 heavy (non-hydrogen) atoms. The summed E-state index contributed by atoms with van der Waals surface area (Å²) in [5.74, 6) is 2.85. The summed E-state index contributed by atoms with van der Waals surface area (Å²) >= 11 is 0. The highest BCUT2D eigenvalue weighted by Crippen LogP contribution is 2.34. The molecule has 164 valence electrons. The van der Waals surface area contributed by atoms with Crippen LogP contribution in [0.4, 0.5) is 11.8 Å². The first kappa shape index (κ1) is 19.9. The summed E-state index contributed by atoms with van der Waals surface area (Å²) in [6, 6.07) is 7.51. The van der Waals surface area contributed by atoms with E-state index in [9.17, 15) is 4.79 Å². The standard InChI is InChI=1S/C22H27N5O4/c1-16-15-19(24-22(23-16)27-9-11-29-12-10-27)25-5-7-26(8-6-25)21(28)17-3-2-4-18-20(17)31-14-13-30-18/h2-4,15H,5-14H2,1H3. The van der Waals surface area contributed by atoms with Crippen molar-refractivity contribution in [2.24, 2.45) is 0 Å². The van der Waals surface area contributed by atoms with Crippen LogP contribution in [0, 0.1) is 6.92 Å². The van der Waals surface area contributed by atoms with Gasteiger partial charge in [0.1, 0.15) is 19.0 Å². The van der Waals surface area contributed by atoms with E-state index in [1.807, 2.05) is 36.1 Å². The Bertz CT molecular complexity index is 955. The molecule has 0 N–H and O–H groups in total. The number of aryl methyl sites for hydroxylation is 1. The van der Waals surface area contributed by atoms with Crippen LogP contribution in [0.25, 0.3) is 0 Å². The third-order valence-electron chi connectivity index (χ3n) is 5.81. The van der Waals surface area contributed by atoms with Gasteiger partial charge >= 0.3 is 0 Å². The molecule has 0 aliphatic carbocycles. The van der Waals surface area contributed by atoms with Gasteiger partial charge in [-0.15, -0.1) is 0 Å². The van der Waals surface area contributed by atoms with Crippen molar-refractivity contribution in [3.05, 3.63) is 35.5 Å². The Balaban J connectivity index is 1.28. The fraction of sp³-hybridized carbons (Fsp3) is 0.500. The zero-order chi connectivity index (χ0) is 21.2. The molecule has 5 rings (SSSR count).